The average molecular weight is 859 g/mol. The van der Waals surface area contributed by atoms with Gasteiger partial charge in [0.2, 0.25) is 0 Å². The first-order valence-corrected chi connectivity index (χ1v) is 25.0. The van der Waals surface area contributed by atoms with E-state index in [0.29, 0.717) is 19.3 Å². The molecule has 350 valence electrons. The second-order valence-electron chi connectivity index (χ2n) is 16.2. The van der Waals surface area contributed by atoms with E-state index < -0.39 is 6.10 Å². The molecule has 6 nitrogen and oxygen atoms in total. The molecule has 0 aliphatic rings. The summed E-state index contributed by atoms with van der Waals surface area (Å²) in [5.41, 5.74) is 0. The molecular weight excluding hydrogens is 769 g/mol. The van der Waals surface area contributed by atoms with E-state index in [2.05, 4.69) is 81.5 Å². The highest BCUT2D eigenvalue weighted by molar-refractivity contribution is 5.71. The Morgan fingerprint density at radius 3 is 1.06 bits per heavy atom. The molecule has 0 heterocycles. The average Bonchev–Trinajstić information content (AvgIpc) is 3.27. The van der Waals surface area contributed by atoms with Gasteiger partial charge in [0.1, 0.15) is 13.2 Å². The van der Waals surface area contributed by atoms with Gasteiger partial charge in [0.05, 0.1) is 0 Å². The van der Waals surface area contributed by atoms with Crippen molar-refractivity contribution in [2.24, 2.45) is 0 Å². The summed E-state index contributed by atoms with van der Waals surface area (Å²) in [7, 11) is 0. The third kappa shape index (κ3) is 47.1. The van der Waals surface area contributed by atoms with Gasteiger partial charge in [0, 0.05) is 19.3 Å². The summed E-state index contributed by atoms with van der Waals surface area (Å²) in [5.74, 6) is -1.01. The maximum atomic E-state index is 12.8. The van der Waals surface area contributed by atoms with Gasteiger partial charge < -0.3 is 14.2 Å². The van der Waals surface area contributed by atoms with Crippen LogP contribution in [0.5, 0.6) is 0 Å². The van der Waals surface area contributed by atoms with E-state index >= 15 is 0 Å². The lowest BCUT2D eigenvalue weighted by Gasteiger charge is -2.18. The SMILES string of the molecule is CC\C=C/C=C\C=C/C=C\C=C/CCCCCC(=O)OC(COC(=O)CCCCC/C=C\C=C/CCCC)COC(=O)CCCCCCC/C=C\C=C/CCCCCCCCC. The third-order valence-electron chi connectivity index (χ3n) is 10.2. The van der Waals surface area contributed by atoms with Crippen molar-refractivity contribution in [3.05, 3.63) is 109 Å². The van der Waals surface area contributed by atoms with E-state index in [0.717, 1.165) is 96.3 Å². The number of hydrogen-bond donors (Lipinski definition) is 0. The minimum atomic E-state index is -0.818. The molecule has 0 fully saturated rings. The highest BCUT2D eigenvalue weighted by atomic mass is 16.6. The molecule has 6 heteroatoms. The number of carbonyl (C=O) groups is 3. The van der Waals surface area contributed by atoms with E-state index in [1.807, 2.05) is 48.6 Å². The van der Waals surface area contributed by atoms with Crippen LogP contribution in [0.2, 0.25) is 0 Å². The summed E-state index contributed by atoms with van der Waals surface area (Å²) >= 11 is 0. The van der Waals surface area contributed by atoms with Crippen LogP contribution in [-0.4, -0.2) is 37.2 Å². The Morgan fingerprint density at radius 2 is 0.645 bits per heavy atom. The normalized spacial score (nSPS) is 13.0. The molecule has 1 atom stereocenters. The molecular formula is C56H90O6. The smallest absolute Gasteiger partial charge is 0.306 e. The van der Waals surface area contributed by atoms with Crippen molar-refractivity contribution in [3.63, 3.8) is 0 Å². The van der Waals surface area contributed by atoms with E-state index in [9.17, 15) is 14.4 Å². The highest BCUT2D eigenvalue weighted by Gasteiger charge is 2.19. The van der Waals surface area contributed by atoms with Crippen LogP contribution in [0.1, 0.15) is 207 Å². The number of hydrogen-bond acceptors (Lipinski definition) is 6. The molecule has 62 heavy (non-hydrogen) atoms. The number of unbranched alkanes of at least 4 members (excludes halogenated alkanes) is 20. The van der Waals surface area contributed by atoms with E-state index in [4.69, 9.17) is 14.2 Å². The van der Waals surface area contributed by atoms with Crippen molar-refractivity contribution in [1.82, 2.24) is 0 Å². The molecule has 0 radical (unpaired) electrons. The summed E-state index contributed by atoms with van der Waals surface area (Å²) < 4.78 is 16.7. The molecule has 0 saturated carbocycles. The fraction of sp³-hybridized carbons (Fsp3) is 0.625. The lowest BCUT2D eigenvalue weighted by Crippen LogP contribution is -2.30. The number of ether oxygens (including phenoxy) is 3. The van der Waals surface area contributed by atoms with Gasteiger partial charge in [-0.05, 0) is 83.5 Å². The summed E-state index contributed by atoms with van der Waals surface area (Å²) in [6, 6.07) is 0. The van der Waals surface area contributed by atoms with E-state index in [1.54, 1.807) is 0 Å². The van der Waals surface area contributed by atoms with Crippen molar-refractivity contribution in [1.29, 1.82) is 0 Å². The van der Waals surface area contributed by atoms with Crippen LogP contribution in [-0.2, 0) is 28.6 Å². The fourth-order valence-electron chi connectivity index (χ4n) is 6.37. The van der Waals surface area contributed by atoms with Gasteiger partial charge >= 0.3 is 17.9 Å². The first-order chi connectivity index (χ1) is 30.5. The summed E-state index contributed by atoms with van der Waals surface area (Å²) in [6.07, 6.45) is 66.4. The lowest BCUT2D eigenvalue weighted by atomic mass is 10.1. The molecule has 0 rings (SSSR count). The quantitative estimate of drug-likeness (QED) is 0.0263. The Balaban J connectivity index is 4.51. The van der Waals surface area contributed by atoms with Crippen molar-refractivity contribution in [2.45, 2.75) is 213 Å². The van der Waals surface area contributed by atoms with Crippen molar-refractivity contribution >= 4 is 17.9 Å². The van der Waals surface area contributed by atoms with Crippen LogP contribution in [0.4, 0.5) is 0 Å². The van der Waals surface area contributed by atoms with Gasteiger partial charge in [-0.1, -0.05) is 214 Å². The molecule has 0 aromatic rings. The van der Waals surface area contributed by atoms with Crippen LogP contribution in [0.3, 0.4) is 0 Å². The van der Waals surface area contributed by atoms with Gasteiger partial charge in [-0.2, -0.15) is 0 Å². The lowest BCUT2D eigenvalue weighted by molar-refractivity contribution is -0.167. The zero-order valence-corrected chi connectivity index (χ0v) is 39.8. The minimum Gasteiger partial charge on any atom is -0.462 e. The molecule has 0 aliphatic heterocycles. The minimum absolute atomic E-state index is 0.114. The highest BCUT2D eigenvalue weighted by Crippen LogP contribution is 2.12. The molecule has 0 N–H and O–H groups in total. The predicted molar refractivity (Wildman–Crippen MR) is 265 cm³/mol. The topological polar surface area (TPSA) is 78.9 Å². The van der Waals surface area contributed by atoms with Gasteiger partial charge in [0.25, 0.3) is 0 Å². The number of rotatable bonds is 43. The van der Waals surface area contributed by atoms with Crippen molar-refractivity contribution in [3.8, 4) is 0 Å². The number of esters is 3. The number of carbonyl (C=O) groups excluding carboxylic acids is 3. The molecule has 0 aromatic heterocycles. The maximum absolute atomic E-state index is 12.8. The Kier molecular flexibility index (Phi) is 46.6. The van der Waals surface area contributed by atoms with Gasteiger partial charge in [-0.15, -0.1) is 0 Å². The zero-order chi connectivity index (χ0) is 45.1. The van der Waals surface area contributed by atoms with Crippen LogP contribution in [0, 0.1) is 0 Å². The molecule has 1 unspecified atom stereocenters. The van der Waals surface area contributed by atoms with Gasteiger partial charge in [-0.25, -0.2) is 0 Å². The fourth-order valence-corrected chi connectivity index (χ4v) is 6.37. The first-order valence-electron chi connectivity index (χ1n) is 25.0. The number of allylic oxidation sites excluding steroid dienone is 18. The van der Waals surface area contributed by atoms with Crippen LogP contribution >= 0.6 is 0 Å². The third-order valence-corrected chi connectivity index (χ3v) is 10.2. The summed E-state index contributed by atoms with van der Waals surface area (Å²) in [4.78, 5) is 37.9. The van der Waals surface area contributed by atoms with Crippen LogP contribution < -0.4 is 0 Å². The van der Waals surface area contributed by atoms with Crippen molar-refractivity contribution < 1.29 is 28.6 Å². The zero-order valence-electron chi connectivity index (χ0n) is 39.8. The Morgan fingerprint density at radius 1 is 0.339 bits per heavy atom. The second-order valence-corrected chi connectivity index (χ2v) is 16.2. The Hall–Kier alpha value is -3.93. The standard InChI is InChI=1S/C56H90O6/c1-4-7-10-13-16-19-22-24-26-27-28-30-31-34-37-40-43-46-49-55(58)61-52-53(51-60-54(57)48-45-42-39-36-33-21-18-15-12-9-6-3)62-56(59)50-47-44-41-38-35-32-29-25-23-20-17-14-11-8-5-2/h8,11,14-15,17-18,20-21,23,25-30,32-33,35,53H,4-7,9-10,12-13,16,19,22,24,31,34,36-52H2,1-3H3/b11-8-,17-14-,18-15-,23-20-,27-26-,29-25-,30-28-,33-21-,35-32-. The first kappa shape index (κ1) is 58.1. The van der Waals surface area contributed by atoms with Crippen LogP contribution in [0.15, 0.2) is 109 Å². The Labute approximate surface area is 380 Å². The largest absolute Gasteiger partial charge is 0.462 e. The molecule has 0 saturated heterocycles. The summed E-state index contributed by atoms with van der Waals surface area (Å²) in [5, 5.41) is 0. The van der Waals surface area contributed by atoms with Crippen LogP contribution in [0.25, 0.3) is 0 Å². The summed E-state index contributed by atoms with van der Waals surface area (Å²) in [6.45, 7) is 6.34. The molecule has 0 aromatic carbocycles. The second kappa shape index (κ2) is 49.7. The Bertz CT molecular complexity index is 1310. The maximum Gasteiger partial charge on any atom is 0.306 e. The molecule has 0 amide bonds. The van der Waals surface area contributed by atoms with E-state index in [1.165, 1.54) is 64.2 Å². The molecule has 0 aliphatic carbocycles. The van der Waals surface area contributed by atoms with E-state index in [-0.39, 0.29) is 37.5 Å². The van der Waals surface area contributed by atoms with Gasteiger partial charge in [0.15, 0.2) is 6.10 Å². The predicted octanol–water partition coefficient (Wildman–Crippen LogP) is 16.4. The molecule has 0 spiro atoms. The van der Waals surface area contributed by atoms with Gasteiger partial charge in [-0.3, -0.25) is 14.4 Å². The molecule has 0 bridgehead atoms. The monoisotopic (exact) mass is 859 g/mol. The van der Waals surface area contributed by atoms with Crippen molar-refractivity contribution in [2.75, 3.05) is 13.2 Å².